The van der Waals surface area contributed by atoms with E-state index in [0.717, 1.165) is 116 Å². The summed E-state index contributed by atoms with van der Waals surface area (Å²) in [5, 5.41) is 0. The Morgan fingerprint density at radius 3 is 1.36 bits per heavy atom. The van der Waals surface area contributed by atoms with Crippen LogP contribution < -0.4 is 5.73 Å². The molecule has 0 fully saturated rings. The molecule has 0 saturated heterocycles. The van der Waals surface area contributed by atoms with E-state index in [4.69, 9.17) is 24.3 Å². The Kier molecular flexibility index (Phi) is 43.0. The highest BCUT2D eigenvalue weighted by Crippen LogP contribution is 2.43. The molecule has 3 N–H and O–H groups in total. The number of allylic oxidation sites excluding steroid dienone is 18. The van der Waals surface area contributed by atoms with Crippen molar-refractivity contribution in [1.82, 2.24) is 0 Å². The second kappa shape index (κ2) is 45.2. The zero-order chi connectivity index (χ0) is 42.3. The SMILES string of the molecule is CC/C=C\C/C=C\C/C=C\C/C=C\C/C=C\C/C=C\CCCCCCC(=O)OC(COCCCCCCCC/C=C\C/C=C\C/C=C\CC)COP(=O)(O)OCCN. The van der Waals surface area contributed by atoms with Crippen molar-refractivity contribution in [3.8, 4) is 0 Å². The van der Waals surface area contributed by atoms with E-state index in [2.05, 4.69) is 123 Å². The third kappa shape index (κ3) is 44.3. The normalized spacial score (nSPS) is 14.5. The topological polar surface area (TPSA) is 117 Å². The third-order valence-corrected chi connectivity index (χ3v) is 9.67. The van der Waals surface area contributed by atoms with Gasteiger partial charge in [-0.05, 0) is 96.3 Å². The van der Waals surface area contributed by atoms with E-state index in [9.17, 15) is 14.3 Å². The monoisotopic (exact) mass is 828 g/mol. The van der Waals surface area contributed by atoms with Gasteiger partial charge in [0.2, 0.25) is 0 Å². The van der Waals surface area contributed by atoms with Gasteiger partial charge in [-0.3, -0.25) is 13.8 Å². The molecule has 0 aliphatic rings. The number of phosphoric acid groups is 1. The molecule has 0 aliphatic carbocycles. The molecule has 0 bridgehead atoms. The number of hydrogen-bond acceptors (Lipinski definition) is 7. The molecule has 9 heteroatoms. The Morgan fingerprint density at radius 2 is 0.914 bits per heavy atom. The fourth-order valence-corrected chi connectivity index (χ4v) is 6.25. The Hall–Kier alpha value is -2.84. The third-order valence-electron chi connectivity index (χ3n) is 8.69. The molecule has 0 aromatic carbocycles. The van der Waals surface area contributed by atoms with Crippen LogP contribution in [0.1, 0.15) is 155 Å². The van der Waals surface area contributed by atoms with Gasteiger partial charge in [0.1, 0.15) is 6.10 Å². The van der Waals surface area contributed by atoms with Crippen LogP contribution in [0.15, 0.2) is 109 Å². The second-order valence-electron chi connectivity index (χ2n) is 14.1. The van der Waals surface area contributed by atoms with Crippen molar-refractivity contribution in [3.63, 3.8) is 0 Å². The lowest BCUT2D eigenvalue weighted by atomic mass is 10.1. The molecule has 0 radical (unpaired) electrons. The summed E-state index contributed by atoms with van der Waals surface area (Å²) in [6.07, 6.45) is 61.1. The summed E-state index contributed by atoms with van der Waals surface area (Å²) in [5.74, 6) is -0.365. The van der Waals surface area contributed by atoms with E-state index in [0.29, 0.717) is 6.61 Å². The Labute approximate surface area is 354 Å². The van der Waals surface area contributed by atoms with Crippen LogP contribution in [0, 0.1) is 0 Å². The van der Waals surface area contributed by atoms with Gasteiger partial charge < -0.3 is 20.1 Å². The number of rotatable bonds is 41. The summed E-state index contributed by atoms with van der Waals surface area (Å²) >= 11 is 0. The van der Waals surface area contributed by atoms with Gasteiger partial charge >= 0.3 is 13.8 Å². The zero-order valence-corrected chi connectivity index (χ0v) is 37.4. The van der Waals surface area contributed by atoms with Crippen LogP contribution in [-0.2, 0) is 27.9 Å². The lowest BCUT2D eigenvalue weighted by Gasteiger charge is -2.20. The first-order valence-electron chi connectivity index (χ1n) is 22.4. The van der Waals surface area contributed by atoms with E-state index in [1.54, 1.807) is 0 Å². The lowest BCUT2D eigenvalue weighted by Crippen LogP contribution is -2.28. The average Bonchev–Trinajstić information content (AvgIpc) is 3.21. The van der Waals surface area contributed by atoms with E-state index >= 15 is 0 Å². The molecule has 0 heterocycles. The van der Waals surface area contributed by atoms with Crippen LogP contribution in [0.4, 0.5) is 0 Å². The number of carbonyl (C=O) groups is 1. The van der Waals surface area contributed by atoms with E-state index < -0.39 is 13.9 Å². The Morgan fingerprint density at radius 1 is 0.517 bits per heavy atom. The first kappa shape index (κ1) is 55.2. The van der Waals surface area contributed by atoms with Crippen LogP contribution in [0.25, 0.3) is 0 Å². The van der Waals surface area contributed by atoms with Crippen molar-refractivity contribution in [1.29, 1.82) is 0 Å². The quantitative estimate of drug-likeness (QED) is 0.0271. The summed E-state index contributed by atoms with van der Waals surface area (Å²) in [6.45, 7) is 4.60. The number of ether oxygens (including phenoxy) is 2. The van der Waals surface area contributed by atoms with Crippen molar-refractivity contribution >= 4 is 13.8 Å². The van der Waals surface area contributed by atoms with Gasteiger partial charge in [0.05, 0.1) is 19.8 Å². The zero-order valence-electron chi connectivity index (χ0n) is 36.5. The molecule has 0 amide bonds. The Bertz CT molecular complexity index is 1250. The highest BCUT2D eigenvalue weighted by Gasteiger charge is 2.25. The number of unbranched alkanes of at least 4 members (excludes halogenated alkanes) is 10. The molecule has 0 spiro atoms. The van der Waals surface area contributed by atoms with Crippen LogP contribution >= 0.6 is 7.82 Å². The molecular formula is C49H82NO7P. The second-order valence-corrected chi connectivity index (χ2v) is 15.6. The van der Waals surface area contributed by atoms with E-state index in [-0.39, 0.29) is 38.8 Å². The maximum atomic E-state index is 12.6. The standard InChI is InChI=1S/C49H82NO7P/c1-3-5-7-9-11-13-15-17-19-21-22-23-24-25-26-27-28-30-32-34-36-38-40-42-49(51)57-48(47-56-58(52,53)55-45-43-50)46-54-44-41-39-37-35-33-31-29-20-18-16-14-12-10-8-6-4-2/h5-8,11-14,17-20,22-23,25-26,28,30,48H,3-4,9-10,15-16,21,24,27,29,31-47,50H2,1-2H3,(H,52,53)/b7-5-,8-6-,13-11-,14-12-,19-17-,20-18-,23-22-,26-25-,30-28-. The minimum absolute atomic E-state index is 0.0866. The summed E-state index contributed by atoms with van der Waals surface area (Å²) in [6, 6.07) is 0. The number of carbonyl (C=O) groups excluding carboxylic acids is 1. The summed E-state index contributed by atoms with van der Waals surface area (Å²) in [7, 11) is -4.30. The molecule has 0 aliphatic heterocycles. The maximum Gasteiger partial charge on any atom is 0.472 e. The number of nitrogens with two attached hydrogens (primary N) is 1. The van der Waals surface area contributed by atoms with E-state index in [1.165, 1.54) is 19.3 Å². The van der Waals surface area contributed by atoms with Crippen molar-refractivity contribution in [2.45, 2.75) is 161 Å². The predicted octanol–water partition coefficient (Wildman–Crippen LogP) is 13.6. The smallest absolute Gasteiger partial charge is 0.457 e. The summed E-state index contributed by atoms with van der Waals surface area (Å²) in [5.41, 5.74) is 5.37. The number of phosphoric ester groups is 1. The van der Waals surface area contributed by atoms with Crippen LogP contribution in [0.3, 0.4) is 0 Å². The van der Waals surface area contributed by atoms with Gasteiger partial charge in [0.25, 0.3) is 0 Å². The van der Waals surface area contributed by atoms with Gasteiger partial charge in [-0.25, -0.2) is 4.57 Å². The molecule has 0 aromatic rings. The molecule has 0 saturated carbocycles. The minimum Gasteiger partial charge on any atom is -0.457 e. The fourth-order valence-electron chi connectivity index (χ4n) is 5.48. The molecular weight excluding hydrogens is 746 g/mol. The average molecular weight is 828 g/mol. The van der Waals surface area contributed by atoms with Gasteiger partial charge in [-0.15, -0.1) is 0 Å². The van der Waals surface area contributed by atoms with Crippen molar-refractivity contribution in [2.75, 3.05) is 33.0 Å². The highest BCUT2D eigenvalue weighted by molar-refractivity contribution is 7.47. The van der Waals surface area contributed by atoms with Gasteiger partial charge in [-0.1, -0.05) is 162 Å². The molecule has 330 valence electrons. The van der Waals surface area contributed by atoms with Gasteiger partial charge in [-0.2, -0.15) is 0 Å². The maximum absolute atomic E-state index is 12.6. The molecule has 0 rings (SSSR count). The molecule has 0 aromatic heterocycles. The summed E-state index contributed by atoms with van der Waals surface area (Å²) < 4.78 is 33.4. The highest BCUT2D eigenvalue weighted by atomic mass is 31.2. The summed E-state index contributed by atoms with van der Waals surface area (Å²) in [4.78, 5) is 22.5. The fraction of sp³-hybridized carbons (Fsp3) is 0.612. The number of esters is 1. The predicted molar refractivity (Wildman–Crippen MR) is 247 cm³/mol. The molecule has 2 atom stereocenters. The molecule has 8 nitrogen and oxygen atoms in total. The Balaban J connectivity index is 4.13. The minimum atomic E-state index is -4.30. The van der Waals surface area contributed by atoms with E-state index in [1.807, 2.05) is 0 Å². The number of hydrogen-bond donors (Lipinski definition) is 2. The van der Waals surface area contributed by atoms with Gasteiger partial charge in [0.15, 0.2) is 0 Å². The lowest BCUT2D eigenvalue weighted by molar-refractivity contribution is -0.154. The first-order chi connectivity index (χ1) is 28.4. The van der Waals surface area contributed by atoms with Crippen molar-refractivity contribution < 1.29 is 32.8 Å². The molecule has 2 unspecified atom stereocenters. The van der Waals surface area contributed by atoms with Crippen LogP contribution in [0.2, 0.25) is 0 Å². The molecule has 58 heavy (non-hydrogen) atoms. The van der Waals surface area contributed by atoms with Gasteiger partial charge in [0, 0.05) is 19.6 Å². The van der Waals surface area contributed by atoms with Crippen molar-refractivity contribution in [3.05, 3.63) is 109 Å². The largest absolute Gasteiger partial charge is 0.472 e. The van der Waals surface area contributed by atoms with Crippen LogP contribution in [0.5, 0.6) is 0 Å². The van der Waals surface area contributed by atoms with Crippen molar-refractivity contribution in [2.24, 2.45) is 5.73 Å². The van der Waals surface area contributed by atoms with Crippen LogP contribution in [-0.4, -0.2) is 49.9 Å². The first-order valence-corrected chi connectivity index (χ1v) is 23.9.